The Morgan fingerprint density at radius 1 is 1.38 bits per heavy atom. The minimum absolute atomic E-state index is 0.355. The molecule has 7 nitrogen and oxygen atoms in total. The Hall–Kier alpha value is -2.06. The van der Waals surface area contributed by atoms with Crippen LogP contribution >= 0.6 is 23.4 Å². The molecule has 110 valence electrons. The molecule has 0 saturated heterocycles. The van der Waals surface area contributed by atoms with E-state index in [2.05, 4.69) is 26.0 Å². The minimum Gasteiger partial charge on any atom is -0.272 e. The van der Waals surface area contributed by atoms with Crippen molar-refractivity contribution in [3.63, 3.8) is 0 Å². The van der Waals surface area contributed by atoms with E-state index < -0.39 is 11.2 Å². The van der Waals surface area contributed by atoms with Gasteiger partial charge in [-0.3, -0.25) is 25.5 Å². The zero-order valence-electron chi connectivity index (χ0n) is 11.0. The van der Waals surface area contributed by atoms with Gasteiger partial charge in [-0.15, -0.1) is 0 Å². The predicted octanol–water partition coefficient (Wildman–Crippen LogP) is 1.40. The van der Waals surface area contributed by atoms with Crippen molar-refractivity contribution in [3.05, 3.63) is 41.2 Å². The molecule has 0 aliphatic carbocycles. The van der Waals surface area contributed by atoms with Crippen LogP contribution in [0.1, 0.15) is 17.3 Å². The van der Waals surface area contributed by atoms with Gasteiger partial charge in [-0.1, -0.05) is 29.4 Å². The van der Waals surface area contributed by atoms with Gasteiger partial charge in [-0.2, -0.15) is 5.10 Å². The number of aromatic amines is 1. The van der Waals surface area contributed by atoms with Crippen molar-refractivity contribution in [2.75, 3.05) is 0 Å². The molecule has 0 aliphatic heterocycles. The van der Waals surface area contributed by atoms with Gasteiger partial charge in [0.25, 0.3) is 11.8 Å². The number of halogens is 1. The van der Waals surface area contributed by atoms with E-state index in [0.29, 0.717) is 15.7 Å². The monoisotopic (exact) mass is 325 g/mol. The van der Waals surface area contributed by atoms with Gasteiger partial charge in [0.1, 0.15) is 6.33 Å². The molecule has 0 fully saturated rings. The average molecular weight is 326 g/mol. The van der Waals surface area contributed by atoms with Gasteiger partial charge < -0.3 is 0 Å². The summed E-state index contributed by atoms with van der Waals surface area (Å²) in [6.07, 6.45) is 1.36. The van der Waals surface area contributed by atoms with E-state index in [-0.39, 0.29) is 5.91 Å². The van der Waals surface area contributed by atoms with Crippen LogP contribution in [0, 0.1) is 0 Å². The fourth-order valence-electron chi connectivity index (χ4n) is 1.39. The van der Waals surface area contributed by atoms with E-state index in [1.807, 2.05) is 0 Å². The van der Waals surface area contributed by atoms with E-state index >= 15 is 0 Å². The highest BCUT2D eigenvalue weighted by Gasteiger charge is 2.16. The second-order valence-electron chi connectivity index (χ2n) is 4.00. The first-order valence-corrected chi connectivity index (χ1v) is 7.20. The number of nitrogens with one attached hydrogen (secondary N) is 3. The molecular weight excluding hydrogens is 314 g/mol. The zero-order valence-corrected chi connectivity index (χ0v) is 12.5. The Morgan fingerprint density at radius 3 is 2.86 bits per heavy atom. The number of benzene rings is 1. The lowest BCUT2D eigenvalue weighted by Crippen LogP contribution is -2.44. The Labute approximate surface area is 129 Å². The van der Waals surface area contributed by atoms with Crippen molar-refractivity contribution >= 4 is 35.2 Å². The highest BCUT2D eigenvalue weighted by molar-refractivity contribution is 8.00. The molecule has 0 bridgehead atoms. The summed E-state index contributed by atoms with van der Waals surface area (Å²) in [6, 6.07) is 6.42. The van der Waals surface area contributed by atoms with E-state index in [9.17, 15) is 9.59 Å². The smallest absolute Gasteiger partial charge is 0.269 e. The lowest BCUT2D eigenvalue weighted by molar-refractivity contribution is -0.121. The minimum atomic E-state index is -0.447. The van der Waals surface area contributed by atoms with Crippen molar-refractivity contribution in [2.24, 2.45) is 0 Å². The second kappa shape index (κ2) is 7.09. The van der Waals surface area contributed by atoms with Gasteiger partial charge in [-0.25, -0.2) is 4.98 Å². The fourth-order valence-corrected chi connectivity index (χ4v) is 2.30. The third kappa shape index (κ3) is 4.47. The van der Waals surface area contributed by atoms with Crippen molar-refractivity contribution < 1.29 is 9.59 Å². The maximum Gasteiger partial charge on any atom is 0.269 e. The summed E-state index contributed by atoms with van der Waals surface area (Å²) >= 11 is 6.99. The van der Waals surface area contributed by atoms with E-state index in [4.69, 9.17) is 11.6 Å². The summed E-state index contributed by atoms with van der Waals surface area (Å²) < 4.78 is 0. The number of hydrogen-bond acceptors (Lipinski definition) is 5. The van der Waals surface area contributed by atoms with Crippen LogP contribution in [-0.4, -0.2) is 32.2 Å². The van der Waals surface area contributed by atoms with Gasteiger partial charge in [0.15, 0.2) is 5.16 Å². The normalized spacial score (nSPS) is 11.7. The molecule has 2 rings (SSSR count). The zero-order chi connectivity index (χ0) is 15.2. The van der Waals surface area contributed by atoms with Crippen LogP contribution in [0.5, 0.6) is 0 Å². The summed E-state index contributed by atoms with van der Waals surface area (Å²) in [7, 11) is 0. The molecule has 1 atom stereocenters. The number of hydrazine groups is 1. The first-order chi connectivity index (χ1) is 10.1. The molecular formula is C12H12ClN5O2S. The third-order valence-corrected chi connectivity index (χ3v) is 3.66. The van der Waals surface area contributed by atoms with Gasteiger partial charge in [-0.05, 0) is 25.1 Å². The number of aromatic nitrogens is 3. The summed E-state index contributed by atoms with van der Waals surface area (Å²) in [6.45, 7) is 1.69. The Bertz CT molecular complexity index is 634. The van der Waals surface area contributed by atoms with Crippen LogP contribution in [-0.2, 0) is 4.79 Å². The molecule has 2 amide bonds. The molecule has 0 aliphatic rings. The van der Waals surface area contributed by atoms with Crippen LogP contribution in [0.25, 0.3) is 0 Å². The van der Waals surface area contributed by atoms with E-state index in [1.165, 1.54) is 24.2 Å². The first-order valence-electron chi connectivity index (χ1n) is 5.94. The molecule has 0 saturated carbocycles. The molecule has 21 heavy (non-hydrogen) atoms. The lowest BCUT2D eigenvalue weighted by Gasteiger charge is -2.11. The molecule has 0 radical (unpaired) electrons. The Morgan fingerprint density at radius 2 is 2.19 bits per heavy atom. The number of carbonyl (C=O) groups excluding carboxylic acids is 2. The molecule has 0 spiro atoms. The molecule has 2 aromatic rings. The maximum absolute atomic E-state index is 11.8. The number of nitrogens with zero attached hydrogens (tertiary/aromatic N) is 2. The SMILES string of the molecule is C[C@H](Sc1ncn[nH]1)C(=O)NNC(=O)c1cccc(Cl)c1. The van der Waals surface area contributed by atoms with Crippen molar-refractivity contribution in [2.45, 2.75) is 17.3 Å². The predicted molar refractivity (Wildman–Crippen MR) is 78.8 cm³/mol. The summed E-state index contributed by atoms with van der Waals surface area (Å²) in [4.78, 5) is 27.6. The van der Waals surface area contributed by atoms with Crippen LogP contribution < -0.4 is 10.9 Å². The number of carbonyl (C=O) groups is 2. The van der Waals surface area contributed by atoms with Crippen LogP contribution in [0.4, 0.5) is 0 Å². The van der Waals surface area contributed by atoms with Gasteiger partial charge in [0, 0.05) is 10.6 Å². The Kier molecular flexibility index (Phi) is 5.18. The van der Waals surface area contributed by atoms with Gasteiger partial charge in [0.05, 0.1) is 5.25 Å². The van der Waals surface area contributed by atoms with Crippen molar-refractivity contribution in [3.8, 4) is 0 Å². The lowest BCUT2D eigenvalue weighted by atomic mass is 10.2. The summed E-state index contributed by atoms with van der Waals surface area (Å²) in [5, 5.41) is 6.85. The van der Waals surface area contributed by atoms with Crippen LogP contribution in [0.3, 0.4) is 0 Å². The molecule has 9 heteroatoms. The summed E-state index contributed by atoms with van der Waals surface area (Å²) in [5.74, 6) is -0.797. The highest BCUT2D eigenvalue weighted by Crippen LogP contribution is 2.17. The standard InChI is InChI=1S/C12H12ClN5O2S/c1-7(21-12-14-6-15-18-12)10(19)16-17-11(20)8-3-2-4-9(13)5-8/h2-7H,1H3,(H,16,19)(H,17,20)(H,14,15,18)/t7-/m0/s1. The van der Waals surface area contributed by atoms with Gasteiger partial charge in [0.2, 0.25) is 0 Å². The number of H-pyrrole nitrogens is 1. The average Bonchev–Trinajstić information content (AvgIpc) is 2.97. The molecule has 3 N–H and O–H groups in total. The van der Waals surface area contributed by atoms with Crippen molar-refractivity contribution in [1.29, 1.82) is 0 Å². The molecule has 1 aromatic carbocycles. The second-order valence-corrected chi connectivity index (χ2v) is 5.77. The molecule has 0 unspecified atom stereocenters. The largest absolute Gasteiger partial charge is 0.272 e. The summed E-state index contributed by atoms with van der Waals surface area (Å²) in [5.41, 5.74) is 5.04. The molecule has 1 heterocycles. The van der Waals surface area contributed by atoms with Crippen LogP contribution in [0.2, 0.25) is 5.02 Å². The number of thioether (sulfide) groups is 1. The van der Waals surface area contributed by atoms with E-state index in [0.717, 1.165) is 0 Å². The molecule has 1 aromatic heterocycles. The van der Waals surface area contributed by atoms with E-state index in [1.54, 1.807) is 25.1 Å². The van der Waals surface area contributed by atoms with Gasteiger partial charge >= 0.3 is 0 Å². The Balaban J connectivity index is 1.84. The maximum atomic E-state index is 11.8. The van der Waals surface area contributed by atoms with Crippen LogP contribution in [0.15, 0.2) is 35.7 Å². The van der Waals surface area contributed by atoms with Crippen molar-refractivity contribution in [1.82, 2.24) is 26.0 Å². The number of amides is 2. The number of hydrogen-bond donors (Lipinski definition) is 3. The quantitative estimate of drug-likeness (QED) is 0.583. The fraction of sp³-hybridized carbons (Fsp3) is 0.167. The number of rotatable bonds is 4. The first kappa shape index (κ1) is 15.3. The highest BCUT2D eigenvalue weighted by atomic mass is 35.5. The topological polar surface area (TPSA) is 99.8 Å². The third-order valence-electron chi connectivity index (χ3n) is 2.44.